The summed E-state index contributed by atoms with van der Waals surface area (Å²) < 4.78 is 41.3. The van der Waals surface area contributed by atoms with Crippen molar-refractivity contribution in [3.05, 3.63) is 66.0 Å². The molecule has 1 aromatic heterocycles. The van der Waals surface area contributed by atoms with Crippen molar-refractivity contribution in [2.45, 2.75) is 54.0 Å². The fraction of sp³-hybridized carbons (Fsp3) is 0.409. The van der Waals surface area contributed by atoms with Gasteiger partial charge in [-0.1, -0.05) is 25.1 Å². The van der Waals surface area contributed by atoms with Crippen LogP contribution in [0.15, 0.2) is 65.4 Å². The fourth-order valence-corrected chi connectivity index (χ4v) is 5.42. The van der Waals surface area contributed by atoms with Crippen molar-refractivity contribution in [1.82, 2.24) is 14.8 Å². The summed E-state index contributed by atoms with van der Waals surface area (Å²) in [6.07, 6.45) is 4.57. The third-order valence-corrected chi connectivity index (χ3v) is 7.80. The number of thioether (sulfide) groups is 1. The summed E-state index contributed by atoms with van der Waals surface area (Å²) >= 11 is 1.20. The van der Waals surface area contributed by atoms with Gasteiger partial charge in [0.2, 0.25) is 0 Å². The van der Waals surface area contributed by atoms with Crippen LogP contribution in [0.25, 0.3) is 0 Å². The second-order valence-electron chi connectivity index (χ2n) is 7.69. The van der Waals surface area contributed by atoms with Gasteiger partial charge in [0.15, 0.2) is 5.78 Å². The number of aliphatic hydroxyl groups is 1. The number of hydrogen-bond acceptors (Lipinski definition) is 6. The Morgan fingerprint density at radius 1 is 1.34 bits per heavy atom. The van der Waals surface area contributed by atoms with Crippen molar-refractivity contribution in [2.75, 3.05) is 6.26 Å². The molecular formula is C22H25F2N3O3S2. The zero-order valence-corrected chi connectivity index (χ0v) is 19.6. The van der Waals surface area contributed by atoms with Crippen molar-refractivity contribution in [3.63, 3.8) is 0 Å². The molecule has 172 valence electrons. The molecule has 6 nitrogen and oxygen atoms in total. The van der Waals surface area contributed by atoms with E-state index in [1.165, 1.54) is 35.2 Å². The van der Waals surface area contributed by atoms with E-state index < -0.39 is 45.3 Å². The summed E-state index contributed by atoms with van der Waals surface area (Å²) in [6.45, 7) is 3.32. The van der Waals surface area contributed by atoms with Gasteiger partial charge in [0.05, 0.1) is 11.8 Å². The molecule has 0 saturated carbocycles. The Hall–Kier alpha value is -2.17. The third-order valence-electron chi connectivity index (χ3n) is 5.45. The van der Waals surface area contributed by atoms with Gasteiger partial charge in [-0.3, -0.25) is 9.00 Å². The van der Waals surface area contributed by atoms with E-state index in [2.05, 4.69) is 10.1 Å². The first-order chi connectivity index (χ1) is 15.1. The van der Waals surface area contributed by atoms with Gasteiger partial charge in [-0.2, -0.15) is 5.10 Å². The van der Waals surface area contributed by atoms with E-state index in [9.17, 15) is 22.9 Å². The number of carbonyl (C=O) groups excluding carboxylic acids is 1. The van der Waals surface area contributed by atoms with Gasteiger partial charge >= 0.3 is 0 Å². The van der Waals surface area contributed by atoms with E-state index in [1.807, 2.05) is 0 Å². The van der Waals surface area contributed by atoms with E-state index in [-0.39, 0.29) is 17.9 Å². The lowest BCUT2D eigenvalue weighted by Gasteiger charge is -2.38. The fourth-order valence-electron chi connectivity index (χ4n) is 3.59. The number of carbonyl (C=O) groups is 1. The molecule has 3 rings (SSSR count). The quantitative estimate of drug-likeness (QED) is 0.550. The van der Waals surface area contributed by atoms with Gasteiger partial charge < -0.3 is 5.11 Å². The van der Waals surface area contributed by atoms with Crippen LogP contribution in [0.3, 0.4) is 0 Å². The molecule has 5 atom stereocenters. The highest BCUT2D eigenvalue weighted by Crippen LogP contribution is 2.39. The minimum atomic E-state index is -1.73. The van der Waals surface area contributed by atoms with Crippen molar-refractivity contribution in [3.8, 4) is 0 Å². The Balaban J connectivity index is 1.83. The van der Waals surface area contributed by atoms with Crippen LogP contribution in [0.4, 0.5) is 8.78 Å². The first-order valence-electron chi connectivity index (χ1n) is 10.0. The lowest BCUT2D eigenvalue weighted by atomic mass is 9.83. The Morgan fingerprint density at radius 2 is 2.03 bits per heavy atom. The molecule has 10 heteroatoms. The summed E-state index contributed by atoms with van der Waals surface area (Å²) in [4.78, 5) is 17.4. The van der Waals surface area contributed by atoms with Gasteiger partial charge in [-0.25, -0.2) is 18.4 Å². The summed E-state index contributed by atoms with van der Waals surface area (Å²) in [6, 6.07) is 6.54. The first-order valence-corrected chi connectivity index (χ1v) is 12.5. The minimum Gasteiger partial charge on any atom is -0.382 e. The number of nitrogens with zero attached hydrogens (tertiary/aromatic N) is 3. The zero-order chi connectivity index (χ0) is 23.5. The number of Topliss-reactive ketones (excluding diaryl/α,β-unsaturated/α-hetero) is 1. The third kappa shape index (κ3) is 5.41. The Kier molecular flexibility index (Phi) is 7.79. The molecule has 1 heterocycles. The second kappa shape index (κ2) is 10.2. The van der Waals surface area contributed by atoms with Crippen LogP contribution in [0.2, 0.25) is 0 Å². The zero-order valence-electron chi connectivity index (χ0n) is 17.9. The van der Waals surface area contributed by atoms with Gasteiger partial charge in [-0.15, -0.1) is 11.8 Å². The van der Waals surface area contributed by atoms with E-state index in [0.717, 1.165) is 6.08 Å². The van der Waals surface area contributed by atoms with Crippen molar-refractivity contribution in [1.29, 1.82) is 0 Å². The highest BCUT2D eigenvalue weighted by atomic mass is 32.2. The molecule has 0 amide bonds. The standard InChI is InChI=1S/C22H25F2N3O3S2/c1-14(21(28)16-4-7-18(8-5-16)32(3)30)31-15(2)22(29,11-27-13-25-12-26-27)19-9-6-17(23)10-20(19)24/h4-9,12-15,20,29H,10-11H2,1-3H3/t14?,15-,20?,22-,32?/m1/s1. The highest BCUT2D eigenvalue weighted by Gasteiger charge is 2.44. The molecule has 0 saturated heterocycles. The van der Waals surface area contributed by atoms with Crippen LogP contribution in [0, 0.1) is 0 Å². The summed E-state index contributed by atoms with van der Waals surface area (Å²) in [5.74, 6) is -0.761. The van der Waals surface area contributed by atoms with Gasteiger partial charge in [0.1, 0.15) is 30.3 Å². The molecule has 1 aliphatic carbocycles. The van der Waals surface area contributed by atoms with Crippen LogP contribution >= 0.6 is 11.8 Å². The normalized spacial score (nSPS) is 21.1. The Bertz CT molecular complexity index is 1040. The van der Waals surface area contributed by atoms with Crippen LogP contribution < -0.4 is 0 Å². The Morgan fingerprint density at radius 3 is 2.59 bits per heavy atom. The lowest BCUT2D eigenvalue weighted by molar-refractivity contribution is 0.0421. The molecule has 2 aromatic rings. The van der Waals surface area contributed by atoms with Gasteiger partial charge in [0.25, 0.3) is 0 Å². The summed E-state index contributed by atoms with van der Waals surface area (Å²) in [7, 11) is -1.14. The summed E-state index contributed by atoms with van der Waals surface area (Å²) in [5.41, 5.74) is -1.23. The molecule has 1 N–H and O–H groups in total. The molecule has 3 unspecified atom stereocenters. The largest absolute Gasteiger partial charge is 0.382 e. The number of benzene rings is 1. The molecule has 0 bridgehead atoms. The number of alkyl halides is 1. The molecular weight excluding hydrogens is 456 g/mol. The predicted octanol–water partition coefficient (Wildman–Crippen LogP) is 3.66. The molecule has 0 radical (unpaired) electrons. The number of halogens is 2. The van der Waals surface area contributed by atoms with Crippen molar-refractivity contribution in [2.24, 2.45) is 0 Å². The van der Waals surface area contributed by atoms with Crippen LogP contribution in [0.5, 0.6) is 0 Å². The van der Waals surface area contributed by atoms with E-state index in [4.69, 9.17) is 0 Å². The molecule has 0 fully saturated rings. The van der Waals surface area contributed by atoms with E-state index in [1.54, 1.807) is 44.4 Å². The molecule has 0 spiro atoms. The predicted molar refractivity (Wildman–Crippen MR) is 121 cm³/mol. The smallest absolute Gasteiger partial charge is 0.175 e. The maximum Gasteiger partial charge on any atom is 0.175 e. The monoisotopic (exact) mass is 481 g/mol. The second-order valence-corrected chi connectivity index (χ2v) is 10.8. The van der Waals surface area contributed by atoms with Gasteiger partial charge in [0, 0.05) is 39.2 Å². The molecule has 0 aliphatic heterocycles. The topological polar surface area (TPSA) is 85.1 Å². The van der Waals surface area contributed by atoms with E-state index >= 15 is 0 Å². The van der Waals surface area contributed by atoms with Crippen molar-refractivity contribution >= 4 is 28.3 Å². The Labute approximate surface area is 192 Å². The number of rotatable bonds is 9. The maximum atomic E-state index is 14.8. The number of aromatic nitrogens is 3. The van der Waals surface area contributed by atoms with Crippen LogP contribution in [0.1, 0.15) is 30.6 Å². The average Bonchev–Trinajstić information content (AvgIpc) is 3.25. The highest BCUT2D eigenvalue weighted by molar-refractivity contribution is 8.01. The van der Waals surface area contributed by atoms with Crippen LogP contribution in [-0.2, 0) is 17.3 Å². The number of allylic oxidation sites excluding steroid dienone is 3. The molecule has 1 aromatic carbocycles. The SMILES string of the molecule is CC(S[C@H](C)[C@](O)(Cn1cncn1)C1=CC=C(F)CC1F)C(=O)c1ccc(S(C)=O)cc1. The maximum absolute atomic E-state index is 14.8. The number of hydrogen-bond donors (Lipinski definition) is 1. The van der Waals surface area contributed by atoms with Crippen molar-refractivity contribution < 1.29 is 22.9 Å². The van der Waals surface area contributed by atoms with E-state index in [0.29, 0.717) is 10.5 Å². The number of ketones is 1. The van der Waals surface area contributed by atoms with Gasteiger partial charge in [-0.05, 0) is 30.7 Å². The lowest BCUT2D eigenvalue weighted by Crippen LogP contribution is -2.48. The molecule has 1 aliphatic rings. The average molecular weight is 482 g/mol. The summed E-state index contributed by atoms with van der Waals surface area (Å²) in [5, 5.41) is 14.4. The first kappa shape index (κ1) is 24.5. The minimum absolute atomic E-state index is 0.0452. The van der Waals surface area contributed by atoms with Crippen LogP contribution in [-0.4, -0.2) is 58.4 Å². The molecule has 32 heavy (non-hydrogen) atoms.